The normalized spacial score (nSPS) is 15.4. The zero-order valence-corrected chi connectivity index (χ0v) is 21.2. The Morgan fingerprint density at radius 2 is 1.72 bits per heavy atom. The molecule has 1 unspecified atom stereocenters. The van der Waals surface area contributed by atoms with Crippen molar-refractivity contribution in [3.8, 4) is 17.2 Å². The topological polar surface area (TPSA) is 127 Å². The van der Waals surface area contributed by atoms with Gasteiger partial charge in [-0.1, -0.05) is 30.3 Å². The second-order valence-electron chi connectivity index (χ2n) is 8.85. The number of aliphatic hydroxyl groups is 1. The maximum atomic E-state index is 14.0. The van der Waals surface area contributed by atoms with Crippen molar-refractivity contribution >= 4 is 39.6 Å². The van der Waals surface area contributed by atoms with E-state index in [0.29, 0.717) is 44.8 Å². The van der Waals surface area contributed by atoms with Crippen LogP contribution in [0.5, 0.6) is 17.2 Å². The highest BCUT2D eigenvalue weighted by atomic mass is 16.5. The summed E-state index contributed by atoms with van der Waals surface area (Å²) in [5.41, 5.74) is 2.02. The number of imidazole rings is 1. The van der Waals surface area contributed by atoms with E-state index in [0.717, 1.165) is 0 Å². The molecule has 0 spiro atoms. The van der Waals surface area contributed by atoms with Gasteiger partial charge in [0.15, 0.2) is 34.4 Å². The molecular weight excluding hydrogens is 502 g/mol. The Balaban J connectivity index is 1.53. The van der Waals surface area contributed by atoms with E-state index in [-0.39, 0.29) is 17.3 Å². The van der Waals surface area contributed by atoms with Crippen LogP contribution in [0, 0.1) is 0 Å². The number of ketones is 1. The van der Waals surface area contributed by atoms with Crippen LogP contribution < -0.4 is 19.1 Å². The number of furan rings is 1. The molecule has 1 aliphatic heterocycles. The number of benzene rings is 3. The first kappa shape index (κ1) is 24.1. The number of hydrogen-bond acceptors (Lipinski definition) is 8. The molecule has 2 aromatic heterocycles. The average Bonchev–Trinajstić information content (AvgIpc) is 3.66. The SMILES string of the molecule is COc1ccc(C2C(C(=O)c3cc4cccc(OC)c4o3)=C(O)C(=O)N2c2nc3ccccc3[nH]2)cc1OC. The van der Waals surface area contributed by atoms with Crippen molar-refractivity contribution in [2.45, 2.75) is 6.04 Å². The number of fused-ring (bicyclic) bond motifs is 2. The monoisotopic (exact) mass is 525 g/mol. The van der Waals surface area contributed by atoms with Crippen molar-refractivity contribution in [1.29, 1.82) is 0 Å². The van der Waals surface area contributed by atoms with Gasteiger partial charge in [-0.25, -0.2) is 4.98 Å². The second-order valence-corrected chi connectivity index (χ2v) is 8.85. The molecule has 1 amide bonds. The van der Waals surface area contributed by atoms with E-state index in [1.807, 2.05) is 18.2 Å². The lowest BCUT2D eigenvalue weighted by molar-refractivity contribution is -0.117. The molecule has 1 atom stereocenters. The number of aromatic nitrogens is 2. The maximum absolute atomic E-state index is 14.0. The van der Waals surface area contributed by atoms with Crippen molar-refractivity contribution in [2.75, 3.05) is 26.2 Å². The van der Waals surface area contributed by atoms with Gasteiger partial charge >= 0.3 is 0 Å². The van der Waals surface area contributed by atoms with Crippen LogP contribution in [0.4, 0.5) is 5.95 Å². The van der Waals surface area contributed by atoms with Crippen molar-refractivity contribution in [3.63, 3.8) is 0 Å². The largest absolute Gasteiger partial charge is 0.503 e. The fraction of sp³-hybridized carbons (Fsp3) is 0.138. The number of amides is 1. The standard InChI is InChI=1S/C29H23N3O7/c1-36-19-12-11-15(13-21(19)38-3)24-23(25(33)22-14-16-7-6-10-20(37-2)27(16)39-22)26(34)28(35)32(24)29-30-17-8-4-5-9-18(17)31-29/h4-14,24,34H,1-3H3,(H,30,31). The van der Waals surface area contributed by atoms with Crippen molar-refractivity contribution < 1.29 is 33.3 Å². The minimum Gasteiger partial charge on any atom is -0.503 e. The highest BCUT2D eigenvalue weighted by Gasteiger charge is 2.47. The summed E-state index contributed by atoms with van der Waals surface area (Å²) in [6.07, 6.45) is 0. The number of hydrogen-bond donors (Lipinski definition) is 2. The fourth-order valence-electron chi connectivity index (χ4n) is 4.89. The highest BCUT2D eigenvalue weighted by molar-refractivity contribution is 6.20. The predicted octanol–water partition coefficient (Wildman–Crippen LogP) is 5.12. The van der Waals surface area contributed by atoms with Gasteiger partial charge in [0.25, 0.3) is 5.91 Å². The summed E-state index contributed by atoms with van der Waals surface area (Å²) in [6.45, 7) is 0. The highest BCUT2D eigenvalue weighted by Crippen LogP contribution is 2.44. The number of carbonyl (C=O) groups excluding carboxylic acids is 2. The van der Waals surface area contributed by atoms with Crippen LogP contribution in [0.2, 0.25) is 0 Å². The van der Waals surface area contributed by atoms with Crippen molar-refractivity contribution in [1.82, 2.24) is 9.97 Å². The summed E-state index contributed by atoms with van der Waals surface area (Å²) in [7, 11) is 4.49. The molecule has 0 aliphatic carbocycles. The Labute approximate surface area is 222 Å². The Morgan fingerprint density at radius 1 is 0.949 bits per heavy atom. The summed E-state index contributed by atoms with van der Waals surface area (Å²) >= 11 is 0. The molecule has 0 saturated carbocycles. The van der Waals surface area contributed by atoms with E-state index in [4.69, 9.17) is 18.6 Å². The molecule has 5 aromatic rings. The third-order valence-corrected chi connectivity index (χ3v) is 6.73. The minimum atomic E-state index is -1.06. The molecule has 0 bridgehead atoms. The van der Waals surface area contributed by atoms with Crippen molar-refractivity contribution in [3.05, 3.63) is 89.4 Å². The van der Waals surface area contributed by atoms with E-state index >= 15 is 0 Å². The summed E-state index contributed by atoms with van der Waals surface area (Å²) in [5, 5.41) is 11.8. The first-order valence-corrected chi connectivity index (χ1v) is 12.0. The summed E-state index contributed by atoms with van der Waals surface area (Å²) in [4.78, 5) is 36.5. The summed E-state index contributed by atoms with van der Waals surface area (Å²) in [6, 6.07) is 18.1. The van der Waals surface area contributed by atoms with Gasteiger partial charge in [0, 0.05) is 5.39 Å². The van der Waals surface area contributed by atoms with Gasteiger partial charge in [0.05, 0.1) is 44.0 Å². The second kappa shape index (κ2) is 9.25. The number of methoxy groups -OCH3 is 3. The first-order chi connectivity index (χ1) is 18.9. The van der Waals surface area contributed by atoms with Gasteiger partial charge in [-0.3, -0.25) is 14.5 Å². The Hall–Kier alpha value is -5.25. The summed E-state index contributed by atoms with van der Waals surface area (Å²) in [5.74, 6) is -0.726. The Kier molecular flexibility index (Phi) is 5.72. The fourth-order valence-corrected chi connectivity index (χ4v) is 4.89. The van der Waals surface area contributed by atoms with Gasteiger partial charge < -0.3 is 28.7 Å². The van der Waals surface area contributed by atoms with Crippen LogP contribution in [0.3, 0.4) is 0 Å². The zero-order chi connectivity index (χ0) is 27.3. The molecule has 0 radical (unpaired) electrons. The molecule has 1 aliphatic rings. The Bertz CT molecular complexity index is 1770. The average molecular weight is 526 g/mol. The van der Waals surface area contributed by atoms with Crippen LogP contribution >= 0.6 is 0 Å². The van der Waals surface area contributed by atoms with Crippen LogP contribution in [-0.4, -0.2) is 48.1 Å². The number of rotatable bonds is 7. The molecule has 2 N–H and O–H groups in total. The smallest absolute Gasteiger partial charge is 0.296 e. The number of carbonyl (C=O) groups is 2. The molecule has 6 rings (SSSR count). The number of nitrogens with one attached hydrogen (secondary N) is 1. The summed E-state index contributed by atoms with van der Waals surface area (Å²) < 4.78 is 22.1. The molecule has 10 nitrogen and oxygen atoms in total. The number of anilines is 1. The van der Waals surface area contributed by atoms with E-state index in [1.54, 1.807) is 48.5 Å². The molecule has 3 heterocycles. The van der Waals surface area contributed by atoms with Crippen molar-refractivity contribution in [2.24, 2.45) is 0 Å². The van der Waals surface area contributed by atoms with Gasteiger partial charge in [0.2, 0.25) is 11.7 Å². The van der Waals surface area contributed by atoms with Crippen LogP contribution in [0.25, 0.3) is 22.0 Å². The van der Waals surface area contributed by atoms with E-state index in [9.17, 15) is 14.7 Å². The van der Waals surface area contributed by atoms with E-state index in [2.05, 4.69) is 9.97 Å². The van der Waals surface area contributed by atoms with Gasteiger partial charge in [-0.05, 0) is 42.0 Å². The molecule has 196 valence electrons. The number of nitrogens with zero attached hydrogens (tertiary/aromatic N) is 2. The molecule has 39 heavy (non-hydrogen) atoms. The number of aromatic amines is 1. The first-order valence-electron chi connectivity index (χ1n) is 12.0. The van der Waals surface area contributed by atoms with Gasteiger partial charge in [-0.2, -0.15) is 0 Å². The van der Waals surface area contributed by atoms with Crippen LogP contribution in [0.15, 0.2) is 82.5 Å². The molecule has 0 saturated heterocycles. The molecule has 3 aromatic carbocycles. The third-order valence-electron chi connectivity index (χ3n) is 6.73. The molecule has 0 fully saturated rings. The van der Waals surface area contributed by atoms with Crippen LogP contribution in [-0.2, 0) is 4.79 Å². The van der Waals surface area contributed by atoms with E-state index < -0.39 is 23.5 Å². The quantitative estimate of drug-likeness (QED) is 0.281. The van der Waals surface area contributed by atoms with Gasteiger partial charge in [-0.15, -0.1) is 0 Å². The van der Waals surface area contributed by atoms with E-state index in [1.165, 1.54) is 26.2 Å². The number of Topliss-reactive ketones (excluding diaryl/α,β-unsaturated/α-hetero) is 1. The zero-order valence-electron chi connectivity index (χ0n) is 21.2. The predicted molar refractivity (Wildman–Crippen MR) is 143 cm³/mol. The lowest BCUT2D eigenvalue weighted by atomic mass is 9.94. The number of H-pyrrole nitrogens is 1. The van der Waals surface area contributed by atoms with Crippen LogP contribution in [0.1, 0.15) is 22.2 Å². The molecular formula is C29H23N3O7. The molecule has 10 heteroatoms. The minimum absolute atomic E-state index is 0.0548. The Morgan fingerprint density at radius 3 is 2.46 bits per heavy atom. The lowest BCUT2D eigenvalue weighted by Crippen LogP contribution is -2.32. The van der Waals surface area contributed by atoms with Gasteiger partial charge in [0.1, 0.15) is 0 Å². The maximum Gasteiger partial charge on any atom is 0.296 e. The lowest BCUT2D eigenvalue weighted by Gasteiger charge is -2.25. The number of aliphatic hydroxyl groups excluding tert-OH is 1. The third kappa shape index (κ3) is 3.76. The number of para-hydroxylation sites is 3. The number of ether oxygens (including phenoxy) is 3.